The van der Waals surface area contributed by atoms with Gasteiger partial charge in [0.1, 0.15) is 4.21 Å². The highest BCUT2D eigenvalue weighted by atomic mass is 32.2. The first-order valence-electron chi connectivity index (χ1n) is 5.48. The molecule has 0 saturated carbocycles. The monoisotopic (exact) mass is 310 g/mol. The minimum absolute atomic E-state index is 0.313. The summed E-state index contributed by atoms with van der Waals surface area (Å²) in [7, 11) is -3.48. The molecular formula is C12H10N2O2S3. The van der Waals surface area contributed by atoms with Crippen molar-refractivity contribution in [1.82, 2.24) is 4.98 Å². The molecule has 0 aliphatic rings. The molecule has 0 saturated heterocycles. The highest BCUT2D eigenvalue weighted by Gasteiger charge is 2.15. The van der Waals surface area contributed by atoms with E-state index in [0.29, 0.717) is 9.90 Å². The predicted molar refractivity (Wildman–Crippen MR) is 79.5 cm³/mol. The first kappa shape index (κ1) is 12.6. The molecule has 2 heterocycles. The van der Waals surface area contributed by atoms with Crippen molar-refractivity contribution in [1.29, 1.82) is 0 Å². The number of aryl methyl sites for hydroxylation is 1. The van der Waals surface area contributed by atoms with Gasteiger partial charge in [-0.1, -0.05) is 6.07 Å². The summed E-state index contributed by atoms with van der Waals surface area (Å²) < 4.78 is 28.1. The van der Waals surface area contributed by atoms with E-state index in [2.05, 4.69) is 9.71 Å². The van der Waals surface area contributed by atoms with Crippen molar-refractivity contribution in [3.05, 3.63) is 40.7 Å². The van der Waals surface area contributed by atoms with E-state index in [1.165, 1.54) is 11.3 Å². The molecule has 7 heteroatoms. The normalized spacial score (nSPS) is 11.8. The first-order valence-corrected chi connectivity index (χ1v) is 8.66. The highest BCUT2D eigenvalue weighted by Crippen LogP contribution is 2.26. The van der Waals surface area contributed by atoms with Crippen LogP contribution in [0, 0.1) is 6.92 Å². The second kappa shape index (κ2) is 4.59. The fourth-order valence-electron chi connectivity index (χ4n) is 1.73. The van der Waals surface area contributed by atoms with E-state index >= 15 is 0 Å². The van der Waals surface area contributed by atoms with Crippen LogP contribution >= 0.6 is 22.7 Å². The Balaban J connectivity index is 1.97. The molecule has 0 fully saturated rings. The fourth-order valence-corrected chi connectivity index (χ4v) is 4.63. The molecule has 0 aliphatic heterocycles. The standard InChI is InChI=1S/C12H10N2O2S3/c1-8-13-10-5-4-9(7-11(10)18-8)14-19(15,16)12-3-2-6-17-12/h2-7,14H,1H3. The van der Waals surface area contributed by atoms with Gasteiger partial charge in [0.25, 0.3) is 10.0 Å². The van der Waals surface area contributed by atoms with Crippen molar-refractivity contribution in [3.8, 4) is 0 Å². The largest absolute Gasteiger partial charge is 0.279 e. The molecule has 4 nitrogen and oxygen atoms in total. The van der Waals surface area contributed by atoms with Crippen molar-refractivity contribution < 1.29 is 8.42 Å². The molecule has 0 amide bonds. The maximum atomic E-state index is 12.1. The van der Waals surface area contributed by atoms with Crippen molar-refractivity contribution >= 4 is 48.6 Å². The van der Waals surface area contributed by atoms with Gasteiger partial charge >= 0.3 is 0 Å². The van der Waals surface area contributed by atoms with Crippen LogP contribution in [0.2, 0.25) is 0 Å². The van der Waals surface area contributed by atoms with Crippen LogP contribution in [-0.2, 0) is 10.0 Å². The molecule has 1 N–H and O–H groups in total. The summed E-state index contributed by atoms with van der Waals surface area (Å²) in [5.41, 5.74) is 1.45. The summed E-state index contributed by atoms with van der Waals surface area (Å²) in [6.45, 7) is 1.93. The van der Waals surface area contributed by atoms with Gasteiger partial charge in [-0.3, -0.25) is 4.72 Å². The second-order valence-electron chi connectivity index (χ2n) is 3.95. The van der Waals surface area contributed by atoms with Crippen molar-refractivity contribution in [3.63, 3.8) is 0 Å². The molecule has 1 aromatic carbocycles. The van der Waals surface area contributed by atoms with Gasteiger partial charge in [0, 0.05) is 0 Å². The van der Waals surface area contributed by atoms with Crippen LogP contribution in [0.1, 0.15) is 5.01 Å². The first-order chi connectivity index (χ1) is 9.04. The van der Waals surface area contributed by atoms with Gasteiger partial charge in [0.15, 0.2) is 0 Å². The minimum Gasteiger partial charge on any atom is -0.279 e. The minimum atomic E-state index is -3.48. The van der Waals surface area contributed by atoms with Crippen LogP contribution in [0.25, 0.3) is 10.2 Å². The van der Waals surface area contributed by atoms with E-state index in [9.17, 15) is 8.42 Å². The number of hydrogen-bond donors (Lipinski definition) is 1. The van der Waals surface area contributed by atoms with Crippen LogP contribution in [0.3, 0.4) is 0 Å². The molecule has 2 aromatic heterocycles. The van der Waals surface area contributed by atoms with E-state index in [-0.39, 0.29) is 0 Å². The topological polar surface area (TPSA) is 59.1 Å². The molecule has 0 atom stereocenters. The molecule has 3 rings (SSSR count). The van der Waals surface area contributed by atoms with Crippen molar-refractivity contribution in [2.24, 2.45) is 0 Å². The summed E-state index contributed by atoms with van der Waals surface area (Å²) in [4.78, 5) is 4.34. The van der Waals surface area contributed by atoms with Crippen LogP contribution in [0.15, 0.2) is 39.9 Å². The van der Waals surface area contributed by atoms with E-state index in [1.807, 2.05) is 19.1 Å². The van der Waals surface area contributed by atoms with Crippen molar-refractivity contribution in [2.75, 3.05) is 4.72 Å². The number of aromatic nitrogens is 1. The summed E-state index contributed by atoms with van der Waals surface area (Å²) in [6.07, 6.45) is 0. The van der Waals surface area contributed by atoms with Crippen LogP contribution in [-0.4, -0.2) is 13.4 Å². The number of anilines is 1. The Morgan fingerprint density at radius 1 is 1.26 bits per heavy atom. The number of nitrogens with one attached hydrogen (secondary N) is 1. The zero-order valence-electron chi connectivity index (χ0n) is 9.95. The Kier molecular flexibility index (Phi) is 3.04. The number of thiazole rings is 1. The number of fused-ring (bicyclic) bond motifs is 1. The van der Waals surface area contributed by atoms with Gasteiger partial charge in [-0.2, -0.15) is 0 Å². The van der Waals surface area contributed by atoms with Gasteiger partial charge < -0.3 is 0 Å². The van der Waals surface area contributed by atoms with E-state index in [1.54, 1.807) is 34.9 Å². The predicted octanol–water partition coefficient (Wildman–Crippen LogP) is 3.47. The Hall–Kier alpha value is -1.44. The third kappa shape index (κ3) is 2.49. The smallest absolute Gasteiger partial charge is 0.271 e. The number of nitrogens with zero attached hydrogens (tertiary/aromatic N) is 1. The number of hydrogen-bond acceptors (Lipinski definition) is 5. The average Bonchev–Trinajstić information content (AvgIpc) is 2.95. The van der Waals surface area contributed by atoms with Gasteiger partial charge in [-0.15, -0.1) is 22.7 Å². The van der Waals surface area contributed by atoms with Crippen LogP contribution < -0.4 is 4.72 Å². The quantitative estimate of drug-likeness (QED) is 0.806. The number of thiophene rings is 1. The molecule has 3 aromatic rings. The highest BCUT2D eigenvalue weighted by molar-refractivity contribution is 7.94. The third-order valence-electron chi connectivity index (χ3n) is 2.51. The molecule has 0 radical (unpaired) electrons. The van der Waals surface area contributed by atoms with E-state index in [4.69, 9.17) is 0 Å². The maximum Gasteiger partial charge on any atom is 0.271 e. The summed E-state index contributed by atoms with van der Waals surface area (Å²) in [6, 6.07) is 8.67. The van der Waals surface area contributed by atoms with E-state index in [0.717, 1.165) is 15.2 Å². The maximum absolute atomic E-state index is 12.1. The lowest BCUT2D eigenvalue weighted by molar-refractivity contribution is 0.603. The Morgan fingerprint density at radius 2 is 2.11 bits per heavy atom. The van der Waals surface area contributed by atoms with Crippen molar-refractivity contribution in [2.45, 2.75) is 11.1 Å². The number of rotatable bonds is 3. The number of benzene rings is 1. The summed E-state index contributed by atoms with van der Waals surface area (Å²) in [5.74, 6) is 0. The average molecular weight is 310 g/mol. The Morgan fingerprint density at radius 3 is 2.84 bits per heavy atom. The fraction of sp³-hybridized carbons (Fsp3) is 0.0833. The van der Waals surface area contributed by atoms with Crippen LogP contribution in [0.4, 0.5) is 5.69 Å². The molecule has 0 bridgehead atoms. The second-order valence-corrected chi connectivity index (χ2v) is 8.04. The SMILES string of the molecule is Cc1nc2ccc(NS(=O)(=O)c3cccs3)cc2s1. The molecular weight excluding hydrogens is 300 g/mol. The zero-order valence-corrected chi connectivity index (χ0v) is 12.4. The van der Waals surface area contributed by atoms with Gasteiger partial charge in [-0.25, -0.2) is 13.4 Å². The molecule has 0 unspecified atom stereocenters. The zero-order chi connectivity index (χ0) is 13.5. The lowest BCUT2D eigenvalue weighted by Gasteiger charge is -2.05. The Bertz CT molecular complexity index is 820. The lowest BCUT2D eigenvalue weighted by Crippen LogP contribution is -2.11. The Labute approximate surface area is 118 Å². The van der Waals surface area contributed by atoms with Gasteiger partial charge in [-0.05, 0) is 36.6 Å². The molecule has 0 spiro atoms. The summed E-state index contributed by atoms with van der Waals surface area (Å²) >= 11 is 2.74. The van der Waals surface area contributed by atoms with Gasteiger partial charge in [0.05, 0.1) is 20.9 Å². The molecule has 98 valence electrons. The molecule has 19 heavy (non-hydrogen) atoms. The number of sulfonamides is 1. The summed E-state index contributed by atoms with van der Waals surface area (Å²) in [5, 5.41) is 2.71. The van der Waals surface area contributed by atoms with E-state index < -0.39 is 10.0 Å². The lowest BCUT2D eigenvalue weighted by atomic mass is 10.3. The van der Waals surface area contributed by atoms with Gasteiger partial charge in [0.2, 0.25) is 0 Å². The third-order valence-corrected chi connectivity index (χ3v) is 6.22. The molecule has 0 aliphatic carbocycles. The van der Waals surface area contributed by atoms with Crippen LogP contribution in [0.5, 0.6) is 0 Å².